The minimum absolute atomic E-state index is 0.0437. The number of benzene rings is 2. The van der Waals surface area contributed by atoms with Crippen LogP contribution in [0.2, 0.25) is 5.02 Å². The standard InChI is InChI=1S/C19H23BrClNO3/c1-3-15(11-23)22-10-16-17(20)8-9-18(24-2)19(16)25-12-13-4-6-14(21)7-5-13/h4-9,15,22-23H,3,10-12H2,1-2H3. The Morgan fingerprint density at radius 1 is 1.20 bits per heavy atom. The fraction of sp³-hybridized carbons (Fsp3) is 0.368. The molecule has 25 heavy (non-hydrogen) atoms. The molecule has 0 saturated carbocycles. The minimum Gasteiger partial charge on any atom is -0.493 e. The molecule has 1 atom stereocenters. The lowest BCUT2D eigenvalue weighted by atomic mass is 10.1. The summed E-state index contributed by atoms with van der Waals surface area (Å²) in [6.45, 7) is 3.10. The zero-order chi connectivity index (χ0) is 18.2. The molecule has 0 radical (unpaired) electrons. The molecular formula is C19H23BrClNO3. The predicted octanol–water partition coefficient (Wildman–Crippen LogP) is 4.55. The molecule has 0 saturated heterocycles. The Kier molecular flexibility index (Phi) is 8.03. The van der Waals surface area contributed by atoms with Gasteiger partial charge in [-0.25, -0.2) is 0 Å². The van der Waals surface area contributed by atoms with Crippen molar-refractivity contribution < 1.29 is 14.6 Å². The van der Waals surface area contributed by atoms with E-state index in [0.29, 0.717) is 29.7 Å². The van der Waals surface area contributed by atoms with Crippen molar-refractivity contribution in [1.82, 2.24) is 5.32 Å². The van der Waals surface area contributed by atoms with Crippen LogP contribution < -0.4 is 14.8 Å². The molecule has 6 heteroatoms. The first kappa shape index (κ1) is 20.0. The van der Waals surface area contributed by atoms with E-state index >= 15 is 0 Å². The van der Waals surface area contributed by atoms with E-state index in [-0.39, 0.29) is 12.6 Å². The molecule has 4 nitrogen and oxygen atoms in total. The first-order valence-corrected chi connectivity index (χ1v) is 9.33. The number of halogens is 2. The van der Waals surface area contributed by atoms with Gasteiger partial charge < -0.3 is 19.9 Å². The SMILES string of the molecule is CCC(CO)NCc1c(Br)ccc(OC)c1OCc1ccc(Cl)cc1. The van der Waals surface area contributed by atoms with E-state index in [1.165, 1.54) is 0 Å². The van der Waals surface area contributed by atoms with Crippen LogP contribution in [-0.4, -0.2) is 24.9 Å². The third-order valence-electron chi connectivity index (χ3n) is 3.96. The van der Waals surface area contributed by atoms with Crippen molar-refractivity contribution in [3.8, 4) is 11.5 Å². The summed E-state index contributed by atoms with van der Waals surface area (Å²) in [5.74, 6) is 1.36. The van der Waals surface area contributed by atoms with Gasteiger partial charge in [0, 0.05) is 27.6 Å². The summed E-state index contributed by atoms with van der Waals surface area (Å²) < 4.78 is 12.5. The third kappa shape index (κ3) is 5.61. The van der Waals surface area contributed by atoms with E-state index in [0.717, 1.165) is 22.0 Å². The first-order valence-electron chi connectivity index (χ1n) is 8.15. The number of methoxy groups -OCH3 is 1. The van der Waals surface area contributed by atoms with Crippen molar-refractivity contribution in [3.05, 3.63) is 57.0 Å². The van der Waals surface area contributed by atoms with Crippen LogP contribution in [0.1, 0.15) is 24.5 Å². The van der Waals surface area contributed by atoms with Crippen molar-refractivity contribution >= 4 is 27.5 Å². The molecule has 0 amide bonds. The van der Waals surface area contributed by atoms with Gasteiger partial charge >= 0.3 is 0 Å². The van der Waals surface area contributed by atoms with Crippen molar-refractivity contribution in [2.45, 2.75) is 32.5 Å². The van der Waals surface area contributed by atoms with Gasteiger partial charge in [-0.05, 0) is 36.2 Å². The number of aliphatic hydroxyl groups excluding tert-OH is 1. The average Bonchev–Trinajstić information content (AvgIpc) is 2.63. The molecule has 2 aromatic rings. The molecule has 0 aliphatic carbocycles. The van der Waals surface area contributed by atoms with E-state index < -0.39 is 0 Å². The molecule has 1 unspecified atom stereocenters. The molecule has 136 valence electrons. The van der Waals surface area contributed by atoms with Gasteiger partial charge in [0.2, 0.25) is 0 Å². The van der Waals surface area contributed by atoms with Gasteiger partial charge in [0.05, 0.1) is 13.7 Å². The molecule has 2 aromatic carbocycles. The molecule has 0 aliphatic heterocycles. The Morgan fingerprint density at radius 3 is 2.52 bits per heavy atom. The fourth-order valence-corrected chi connectivity index (χ4v) is 2.96. The lowest BCUT2D eigenvalue weighted by Gasteiger charge is -2.19. The van der Waals surface area contributed by atoms with Crippen molar-refractivity contribution in [3.63, 3.8) is 0 Å². The number of rotatable bonds is 9. The topological polar surface area (TPSA) is 50.7 Å². The smallest absolute Gasteiger partial charge is 0.167 e. The summed E-state index contributed by atoms with van der Waals surface area (Å²) in [5, 5.41) is 13.4. The Bertz CT molecular complexity index is 675. The zero-order valence-corrected chi connectivity index (χ0v) is 16.7. The van der Waals surface area contributed by atoms with Crippen molar-refractivity contribution in [2.75, 3.05) is 13.7 Å². The average molecular weight is 429 g/mol. The van der Waals surface area contributed by atoms with Crippen molar-refractivity contribution in [1.29, 1.82) is 0 Å². The highest BCUT2D eigenvalue weighted by atomic mass is 79.9. The first-order chi connectivity index (χ1) is 12.1. The Labute approximate surface area is 162 Å². The lowest BCUT2D eigenvalue weighted by Crippen LogP contribution is -2.31. The van der Waals surface area contributed by atoms with Gasteiger partial charge in [0.25, 0.3) is 0 Å². The maximum atomic E-state index is 9.38. The summed E-state index contributed by atoms with van der Waals surface area (Å²) in [6.07, 6.45) is 0.846. The summed E-state index contributed by atoms with van der Waals surface area (Å²) in [6, 6.07) is 11.4. The molecular weight excluding hydrogens is 406 g/mol. The normalized spacial score (nSPS) is 12.0. The van der Waals surface area contributed by atoms with Gasteiger partial charge in [0.15, 0.2) is 11.5 Å². The summed E-state index contributed by atoms with van der Waals surface area (Å²) >= 11 is 9.51. The van der Waals surface area contributed by atoms with Crippen LogP contribution in [0.4, 0.5) is 0 Å². The zero-order valence-electron chi connectivity index (χ0n) is 14.4. The lowest BCUT2D eigenvalue weighted by molar-refractivity contribution is 0.236. The van der Waals surface area contributed by atoms with E-state index in [4.69, 9.17) is 21.1 Å². The highest BCUT2D eigenvalue weighted by molar-refractivity contribution is 9.10. The predicted molar refractivity (Wildman–Crippen MR) is 104 cm³/mol. The Balaban J connectivity index is 2.20. The highest BCUT2D eigenvalue weighted by Gasteiger charge is 2.16. The van der Waals surface area contributed by atoms with Crippen LogP contribution in [0.25, 0.3) is 0 Å². The molecule has 0 aliphatic rings. The Morgan fingerprint density at radius 2 is 1.92 bits per heavy atom. The quantitative estimate of drug-likeness (QED) is 0.615. The number of ether oxygens (including phenoxy) is 2. The van der Waals surface area contributed by atoms with Crippen LogP contribution in [0.5, 0.6) is 11.5 Å². The molecule has 0 heterocycles. The van der Waals surface area contributed by atoms with E-state index in [1.807, 2.05) is 43.3 Å². The van der Waals surface area contributed by atoms with Crippen LogP contribution >= 0.6 is 27.5 Å². The maximum absolute atomic E-state index is 9.38. The molecule has 0 aromatic heterocycles. The van der Waals surface area contributed by atoms with Crippen molar-refractivity contribution in [2.24, 2.45) is 0 Å². The second-order valence-corrected chi connectivity index (χ2v) is 6.93. The number of nitrogens with one attached hydrogen (secondary N) is 1. The second-order valence-electron chi connectivity index (χ2n) is 5.64. The van der Waals surface area contributed by atoms with E-state index in [1.54, 1.807) is 7.11 Å². The van der Waals surface area contributed by atoms with Crippen LogP contribution in [0.3, 0.4) is 0 Å². The second kappa shape index (κ2) is 10.0. The molecule has 0 fully saturated rings. The van der Waals surface area contributed by atoms with Gasteiger partial charge in [-0.1, -0.05) is 46.6 Å². The van der Waals surface area contributed by atoms with Crippen LogP contribution in [0, 0.1) is 0 Å². The third-order valence-corrected chi connectivity index (χ3v) is 4.96. The van der Waals surface area contributed by atoms with E-state index in [9.17, 15) is 5.11 Å². The highest BCUT2D eigenvalue weighted by Crippen LogP contribution is 2.37. The minimum atomic E-state index is 0.0437. The van der Waals surface area contributed by atoms with Gasteiger partial charge in [-0.2, -0.15) is 0 Å². The molecule has 0 spiro atoms. The molecule has 0 bridgehead atoms. The summed E-state index contributed by atoms with van der Waals surface area (Å²) in [4.78, 5) is 0. The Hall–Kier alpha value is -1.27. The number of hydrogen-bond donors (Lipinski definition) is 2. The summed E-state index contributed by atoms with van der Waals surface area (Å²) in [7, 11) is 1.62. The summed E-state index contributed by atoms with van der Waals surface area (Å²) in [5.41, 5.74) is 1.98. The monoisotopic (exact) mass is 427 g/mol. The maximum Gasteiger partial charge on any atom is 0.167 e. The number of hydrogen-bond acceptors (Lipinski definition) is 4. The fourth-order valence-electron chi connectivity index (χ4n) is 2.39. The van der Waals surface area contributed by atoms with Gasteiger partial charge in [-0.3, -0.25) is 0 Å². The molecule has 2 N–H and O–H groups in total. The van der Waals surface area contributed by atoms with Gasteiger partial charge in [0.1, 0.15) is 6.61 Å². The van der Waals surface area contributed by atoms with Gasteiger partial charge in [-0.15, -0.1) is 0 Å². The van der Waals surface area contributed by atoms with Crippen LogP contribution in [-0.2, 0) is 13.2 Å². The molecule has 2 rings (SSSR count). The largest absolute Gasteiger partial charge is 0.493 e. The van der Waals surface area contributed by atoms with E-state index in [2.05, 4.69) is 21.2 Å². The number of aliphatic hydroxyl groups is 1. The van der Waals surface area contributed by atoms with Crippen LogP contribution in [0.15, 0.2) is 40.9 Å².